The molecule has 7 nitrogen and oxygen atoms in total. The fourth-order valence-electron chi connectivity index (χ4n) is 1.01. The molecule has 0 N–H and O–H groups in total. The predicted octanol–water partition coefficient (Wildman–Crippen LogP) is 2.01. The van der Waals surface area contributed by atoms with Gasteiger partial charge in [-0.15, -0.1) is 0 Å². The van der Waals surface area contributed by atoms with E-state index >= 15 is 0 Å². The Labute approximate surface area is 106 Å². The molecule has 0 bridgehead atoms. The number of nitro groups is 1. The van der Waals surface area contributed by atoms with Crippen molar-refractivity contribution < 1.29 is 24.0 Å². The Bertz CT molecular complexity index is 458. The summed E-state index contributed by atoms with van der Waals surface area (Å²) in [4.78, 5) is 31.1. The van der Waals surface area contributed by atoms with Gasteiger partial charge in [0.2, 0.25) is 0 Å². The molecular weight excluding hydrogens is 266 g/mol. The van der Waals surface area contributed by atoms with Crippen molar-refractivity contribution in [3.63, 3.8) is 0 Å². The topological polar surface area (TPSA) is 95.7 Å². The standard InChI is InChI=1S/C10H8ClNO6/c11-9(13)6-18-10(14)17-5-7-1-3-8(4-2-7)12(15)16/h1-4H,5-6H2. The second kappa shape index (κ2) is 6.55. The van der Waals surface area contributed by atoms with Gasteiger partial charge < -0.3 is 9.47 Å². The van der Waals surface area contributed by atoms with Crippen molar-refractivity contribution in [1.82, 2.24) is 0 Å². The van der Waals surface area contributed by atoms with Crippen LogP contribution in [0.3, 0.4) is 0 Å². The van der Waals surface area contributed by atoms with Crippen LogP contribution in [0, 0.1) is 10.1 Å². The van der Waals surface area contributed by atoms with Crippen molar-refractivity contribution in [2.75, 3.05) is 6.61 Å². The zero-order valence-electron chi connectivity index (χ0n) is 9.00. The molecule has 1 aromatic carbocycles. The normalized spacial score (nSPS) is 9.61. The molecule has 96 valence electrons. The van der Waals surface area contributed by atoms with Gasteiger partial charge >= 0.3 is 6.16 Å². The number of ether oxygens (including phenoxy) is 2. The Balaban J connectivity index is 2.41. The molecule has 0 spiro atoms. The van der Waals surface area contributed by atoms with E-state index in [9.17, 15) is 19.7 Å². The second-order valence-corrected chi connectivity index (χ2v) is 3.53. The summed E-state index contributed by atoms with van der Waals surface area (Å²) in [5.74, 6) is 0. The highest BCUT2D eigenvalue weighted by Gasteiger charge is 2.08. The van der Waals surface area contributed by atoms with Gasteiger partial charge in [-0.2, -0.15) is 0 Å². The first kappa shape index (κ1) is 13.9. The summed E-state index contributed by atoms with van der Waals surface area (Å²) in [5.41, 5.74) is 0.490. The van der Waals surface area contributed by atoms with Crippen LogP contribution >= 0.6 is 11.6 Å². The number of nitrogens with zero attached hydrogens (tertiary/aromatic N) is 1. The smallest absolute Gasteiger partial charge is 0.429 e. The molecule has 1 rings (SSSR count). The summed E-state index contributed by atoms with van der Waals surface area (Å²) >= 11 is 4.95. The fraction of sp³-hybridized carbons (Fsp3) is 0.200. The number of hydrogen-bond donors (Lipinski definition) is 0. The lowest BCUT2D eigenvalue weighted by Gasteiger charge is -2.04. The number of halogens is 1. The lowest BCUT2D eigenvalue weighted by atomic mass is 10.2. The molecule has 0 aromatic heterocycles. The van der Waals surface area contributed by atoms with Gasteiger partial charge in [-0.25, -0.2) is 4.79 Å². The summed E-state index contributed by atoms with van der Waals surface area (Å²) in [6.45, 7) is -0.687. The quantitative estimate of drug-likeness (QED) is 0.352. The lowest BCUT2D eigenvalue weighted by Crippen LogP contribution is -2.11. The number of carbonyl (C=O) groups excluding carboxylic acids is 2. The number of carbonyl (C=O) groups is 2. The van der Waals surface area contributed by atoms with E-state index in [-0.39, 0.29) is 12.3 Å². The molecule has 0 fully saturated rings. The van der Waals surface area contributed by atoms with Crippen molar-refractivity contribution >= 4 is 28.7 Å². The van der Waals surface area contributed by atoms with E-state index in [0.717, 1.165) is 0 Å². The predicted molar refractivity (Wildman–Crippen MR) is 60.1 cm³/mol. The average Bonchev–Trinajstić information content (AvgIpc) is 2.34. The van der Waals surface area contributed by atoms with E-state index < -0.39 is 22.9 Å². The fourth-order valence-corrected chi connectivity index (χ4v) is 1.07. The number of rotatable bonds is 5. The minimum absolute atomic E-state index is 0.0611. The van der Waals surface area contributed by atoms with Crippen molar-refractivity contribution in [1.29, 1.82) is 0 Å². The van der Waals surface area contributed by atoms with E-state index in [0.29, 0.717) is 5.56 Å². The zero-order chi connectivity index (χ0) is 13.5. The Hall–Kier alpha value is -2.15. The third-order valence-electron chi connectivity index (χ3n) is 1.81. The number of nitro benzene ring substituents is 1. The molecule has 0 radical (unpaired) electrons. The molecular formula is C10H8ClNO6. The minimum atomic E-state index is -1.04. The summed E-state index contributed by atoms with van der Waals surface area (Å²) in [6, 6.07) is 5.45. The lowest BCUT2D eigenvalue weighted by molar-refractivity contribution is -0.384. The third kappa shape index (κ3) is 4.79. The molecule has 0 saturated carbocycles. The van der Waals surface area contributed by atoms with Crippen LogP contribution in [0.25, 0.3) is 0 Å². The van der Waals surface area contributed by atoms with Gasteiger partial charge in [-0.3, -0.25) is 14.9 Å². The molecule has 0 heterocycles. The first-order valence-electron chi connectivity index (χ1n) is 4.70. The van der Waals surface area contributed by atoms with Gasteiger partial charge in [0.05, 0.1) is 4.92 Å². The molecule has 0 amide bonds. The van der Waals surface area contributed by atoms with Gasteiger partial charge in [-0.05, 0) is 29.3 Å². The van der Waals surface area contributed by atoms with Crippen LogP contribution in [-0.4, -0.2) is 22.9 Å². The number of hydrogen-bond acceptors (Lipinski definition) is 6. The van der Waals surface area contributed by atoms with Crippen LogP contribution in [0.2, 0.25) is 0 Å². The first-order valence-corrected chi connectivity index (χ1v) is 5.08. The summed E-state index contributed by atoms with van der Waals surface area (Å²) < 4.78 is 8.97. The van der Waals surface area contributed by atoms with E-state index in [2.05, 4.69) is 9.47 Å². The Kier molecular flexibility index (Phi) is 5.06. The van der Waals surface area contributed by atoms with Crippen LogP contribution in [0.15, 0.2) is 24.3 Å². The minimum Gasteiger partial charge on any atom is -0.429 e. The SMILES string of the molecule is O=C(Cl)COC(=O)OCc1ccc([N+](=O)[O-])cc1. The highest BCUT2D eigenvalue weighted by Crippen LogP contribution is 2.12. The molecule has 0 saturated heterocycles. The third-order valence-corrected chi connectivity index (χ3v) is 1.92. The van der Waals surface area contributed by atoms with Gasteiger partial charge in [-0.1, -0.05) is 0 Å². The van der Waals surface area contributed by atoms with Crippen LogP contribution in [0.4, 0.5) is 10.5 Å². The molecule has 0 unspecified atom stereocenters. The molecule has 0 aliphatic rings. The maximum atomic E-state index is 10.9. The highest BCUT2D eigenvalue weighted by molar-refractivity contribution is 6.63. The van der Waals surface area contributed by atoms with Crippen LogP contribution in [0.1, 0.15) is 5.56 Å². The van der Waals surface area contributed by atoms with Gasteiger partial charge in [0.25, 0.3) is 10.9 Å². The van der Waals surface area contributed by atoms with Crippen LogP contribution < -0.4 is 0 Å². The monoisotopic (exact) mass is 273 g/mol. The van der Waals surface area contributed by atoms with Crippen molar-refractivity contribution in [2.45, 2.75) is 6.61 Å². The van der Waals surface area contributed by atoms with Crippen LogP contribution in [-0.2, 0) is 20.9 Å². The summed E-state index contributed by atoms with van der Waals surface area (Å²) in [5, 5.41) is 9.57. The van der Waals surface area contributed by atoms with Gasteiger partial charge in [0.15, 0.2) is 6.61 Å². The second-order valence-electron chi connectivity index (χ2n) is 3.11. The molecule has 8 heteroatoms. The highest BCUT2D eigenvalue weighted by atomic mass is 35.5. The van der Waals surface area contributed by atoms with Crippen molar-refractivity contribution in [3.05, 3.63) is 39.9 Å². The van der Waals surface area contributed by atoms with E-state index in [1.54, 1.807) is 0 Å². The summed E-state index contributed by atoms with van der Waals surface area (Å²) in [6.07, 6.45) is -1.04. The summed E-state index contributed by atoms with van der Waals surface area (Å²) in [7, 11) is 0. The maximum absolute atomic E-state index is 10.9. The van der Waals surface area contributed by atoms with Crippen molar-refractivity contribution in [3.8, 4) is 0 Å². The van der Waals surface area contributed by atoms with E-state index in [4.69, 9.17) is 11.6 Å². The molecule has 18 heavy (non-hydrogen) atoms. The van der Waals surface area contributed by atoms with E-state index in [1.807, 2.05) is 0 Å². The average molecular weight is 274 g/mol. The Morgan fingerprint density at radius 3 is 2.33 bits per heavy atom. The van der Waals surface area contributed by atoms with E-state index in [1.165, 1.54) is 24.3 Å². The largest absolute Gasteiger partial charge is 0.509 e. The Morgan fingerprint density at radius 2 is 1.83 bits per heavy atom. The first-order chi connectivity index (χ1) is 8.49. The maximum Gasteiger partial charge on any atom is 0.509 e. The number of non-ortho nitro benzene ring substituents is 1. The molecule has 0 atom stereocenters. The van der Waals surface area contributed by atoms with Gasteiger partial charge in [0.1, 0.15) is 6.61 Å². The Morgan fingerprint density at radius 1 is 1.22 bits per heavy atom. The molecule has 1 aromatic rings. The van der Waals surface area contributed by atoms with Crippen molar-refractivity contribution in [2.24, 2.45) is 0 Å². The van der Waals surface area contributed by atoms with Crippen LogP contribution in [0.5, 0.6) is 0 Å². The molecule has 0 aliphatic heterocycles. The molecule has 0 aliphatic carbocycles. The number of benzene rings is 1. The van der Waals surface area contributed by atoms with Gasteiger partial charge in [0, 0.05) is 12.1 Å². The zero-order valence-corrected chi connectivity index (χ0v) is 9.75.